The van der Waals surface area contributed by atoms with Gasteiger partial charge in [-0.25, -0.2) is 0 Å². The summed E-state index contributed by atoms with van der Waals surface area (Å²) >= 11 is 0. The van der Waals surface area contributed by atoms with Gasteiger partial charge in [0.15, 0.2) is 11.5 Å². The van der Waals surface area contributed by atoms with Crippen LogP contribution < -0.4 is 18.9 Å². The smallest absolute Gasteiger partial charge is 0.239 e. The van der Waals surface area contributed by atoms with E-state index in [-0.39, 0.29) is 56.8 Å². The number of carbonyl (C=O) groups excluding carboxylic acids is 1. The molecule has 0 saturated heterocycles. The number of unbranched alkanes of at least 4 members (excludes halogenated alkanes) is 10. The molecule has 2 N–H and O–H groups in total. The molecule has 11 heteroatoms. The van der Waals surface area contributed by atoms with Gasteiger partial charge in [0, 0.05) is 44.1 Å². The highest BCUT2D eigenvalue weighted by Gasteiger charge is 2.65. The first-order valence-corrected chi connectivity index (χ1v) is 27.8. The number of nitrogens with zero attached hydrogens (tertiary/aromatic N) is 2. The minimum Gasteiger partial charge on any atom is -0.459 e. The largest absolute Gasteiger partial charge is 0.459 e. The Labute approximate surface area is 440 Å². The lowest BCUT2D eigenvalue weighted by atomic mass is 9.55. The highest BCUT2D eigenvalue weighted by Crippen LogP contribution is 2.62. The average Bonchev–Trinajstić information content (AvgIpc) is 3.91. The van der Waals surface area contributed by atoms with Gasteiger partial charge in [-0.1, -0.05) is 137 Å². The third-order valence-electron chi connectivity index (χ3n) is 15.3. The molecule has 1 saturated carbocycles. The van der Waals surface area contributed by atoms with Gasteiger partial charge in [-0.15, -0.1) is 6.58 Å². The monoisotopic (exact) mass is 1010 g/mol. The number of oxime groups is 1. The molecule has 4 aromatic rings. The maximum atomic E-state index is 15.4. The summed E-state index contributed by atoms with van der Waals surface area (Å²) < 4.78 is 33.3. The van der Waals surface area contributed by atoms with Crippen LogP contribution in [0.1, 0.15) is 154 Å². The first kappa shape index (κ1) is 54.6. The van der Waals surface area contributed by atoms with Crippen LogP contribution in [-0.2, 0) is 20.9 Å². The van der Waals surface area contributed by atoms with Crippen LogP contribution >= 0.6 is 0 Å². The van der Waals surface area contributed by atoms with Crippen LogP contribution in [0.3, 0.4) is 0 Å². The molecule has 2 aliphatic heterocycles. The third kappa shape index (κ3) is 13.4. The molecule has 4 aromatic carbocycles. The molecule has 1 fully saturated rings. The normalized spacial score (nSPS) is 22.1. The Hall–Kier alpha value is -5.62. The maximum absolute atomic E-state index is 15.4. The summed E-state index contributed by atoms with van der Waals surface area (Å²) in [5, 5.41) is 25.3. The number of amides is 1. The molecule has 6 atom stereocenters. The molecule has 11 nitrogen and oxygen atoms in total. The van der Waals surface area contributed by atoms with Gasteiger partial charge in [-0.05, 0) is 129 Å². The molecule has 398 valence electrons. The lowest BCUT2D eigenvalue weighted by Gasteiger charge is -2.60. The van der Waals surface area contributed by atoms with Gasteiger partial charge in [0.05, 0.1) is 18.2 Å². The second-order valence-electron chi connectivity index (χ2n) is 21.8. The number of fused-ring (bicyclic) bond motifs is 3. The van der Waals surface area contributed by atoms with E-state index in [1.807, 2.05) is 86.3 Å². The molecule has 1 amide bonds. The van der Waals surface area contributed by atoms with E-state index in [0.29, 0.717) is 54.4 Å². The van der Waals surface area contributed by atoms with E-state index in [1.54, 1.807) is 6.08 Å². The van der Waals surface area contributed by atoms with Crippen molar-refractivity contribution in [1.82, 2.24) is 4.90 Å². The fourth-order valence-electron chi connectivity index (χ4n) is 11.7. The van der Waals surface area contributed by atoms with Crippen molar-refractivity contribution in [1.29, 1.82) is 0 Å². The van der Waals surface area contributed by atoms with E-state index in [4.69, 9.17) is 33.7 Å². The van der Waals surface area contributed by atoms with E-state index in [0.717, 1.165) is 78.5 Å². The van der Waals surface area contributed by atoms with Crippen LogP contribution in [0.25, 0.3) is 11.1 Å². The van der Waals surface area contributed by atoms with Gasteiger partial charge in [-0.2, -0.15) is 0 Å². The standard InChI is InChI=1S/C63H82N2O9/c1-6-8-9-10-11-12-13-14-18-27-59(68)65(43-45-28-34-56-57(39-45)70-44-69-56)58-42-54(64-74-62(3,4)5)52-40-48(25-19-21-36-66)51(26-20-22-37-67)60-53-41-50(33-35-55(53)73-63(58,61(52)60)71-38-7-2)72-49-31-29-47(30-32-49)46-23-16-15-17-24-46/h7,15-17,23-24,28-35,39-41,48,51,58,60-61,66-67H,2,6,8-14,18-22,25-27,36-38,42-44H2,1,3-5H3/t48-,51+,58-,60+,61+,63+/m0/s1. The van der Waals surface area contributed by atoms with Crippen molar-refractivity contribution in [2.75, 3.05) is 26.6 Å². The third-order valence-corrected chi connectivity index (χ3v) is 15.3. The Bertz CT molecular complexity index is 2500. The molecule has 0 bridgehead atoms. The first-order valence-electron chi connectivity index (χ1n) is 27.8. The summed E-state index contributed by atoms with van der Waals surface area (Å²) in [4.78, 5) is 23.9. The molecule has 0 radical (unpaired) electrons. The van der Waals surface area contributed by atoms with Crippen LogP contribution in [0.5, 0.6) is 28.7 Å². The molecule has 4 aliphatic rings. The highest BCUT2D eigenvalue weighted by molar-refractivity contribution is 6.03. The van der Waals surface area contributed by atoms with Gasteiger partial charge in [0.2, 0.25) is 18.5 Å². The number of rotatable bonds is 28. The number of aliphatic hydroxyl groups excluding tert-OH is 2. The number of ether oxygens (including phenoxy) is 5. The molecule has 0 unspecified atom stereocenters. The minimum atomic E-state index is -1.40. The summed E-state index contributed by atoms with van der Waals surface area (Å²) in [5.41, 5.74) is 5.30. The van der Waals surface area contributed by atoms with Crippen molar-refractivity contribution in [3.05, 3.63) is 126 Å². The second-order valence-corrected chi connectivity index (χ2v) is 21.8. The summed E-state index contributed by atoms with van der Waals surface area (Å²) in [6.07, 6.45) is 19.8. The summed E-state index contributed by atoms with van der Waals surface area (Å²) in [5.74, 6) is 1.52. The Kier molecular flexibility index (Phi) is 19.4. The Balaban J connectivity index is 1.25. The predicted molar refractivity (Wildman–Crippen MR) is 293 cm³/mol. The van der Waals surface area contributed by atoms with Crippen molar-refractivity contribution in [2.24, 2.45) is 22.9 Å². The summed E-state index contributed by atoms with van der Waals surface area (Å²) in [6, 6.07) is 29.9. The number of hydrogen-bond donors (Lipinski definition) is 2. The fraction of sp³-hybridized carbons (Fsp3) is 0.524. The van der Waals surface area contributed by atoms with E-state index < -0.39 is 23.3 Å². The summed E-state index contributed by atoms with van der Waals surface area (Å²) in [7, 11) is 0. The van der Waals surface area contributed by atoms with Crippen LogP contribution in [0.2, 0.25) is 0 Å². The SMILES string of the molecule is C=CCO[C@@]12Oc3ccc(Oc4ccc(-c5ccccc5)cc4)cc3[C@H]3[C@H](CCCCO)[C@@H](CCCCO)C=C(C(=NOC(C)(C)C)C[C@@H]1N(Cc1ccc4c(c1)OCO4)C(=O)CCCCCCCCCCC)[C@H]32. The van der Waals surface area contributed by atoms with Crippen molar-refractivity contribution in [3.8, 4) is 39.9 Å². The second kappa shape index (κ2) is 26.2. The van der Waals surface area contributed by atoms with Gasteiger partial charge in [-0.3, -0.25) is 4.79 Å². The number of allylic oxidation sites excluding steroid dienone is 1. The van der Waals surface area contributed by atoms with Crippen molar-refractivity contribution in [3.63, 3.8) is 0 Å². The quantitative estimate of drug-likeness (QED) is 0.0325. The first-order chi connectivity index (χ1) is 36.0. The molecule has 0 spiro atoms. The molecule has 0 aromatic heterocycles. The Morgan fingerprint density at radius 2 is 1.46 bits per heavy atom. The Morgan fingerprint density at radius 3 is 2.18 bits per heavy atom. The van der Waals surface area contributed by atoms with E-state index >= 15 is 4.79 Å². The molecule has 8 rings (SSSR count). The van der Waals surface area contributed by atoms with Crippen LogP contribution in [0, 0.1) is 17.8 Å². The molecule has 2 aliphatic carbocycles. The van der Waals surface area contributed by atoms with Crippen molar-refractivity contribution in [2.45, 2.75) is 167 Å². The van der Waals surface area contributed by atoms with Crippen LogP contribution in [0.15, 0.2) is 120 Å². The lowest BCUT2D eigenvalue weighted by molar-refractivity contribution is -0.258. The van der Waals surface area contributed by atoms with Crippen LogP contribution in [-0.4, -0.2) is 70.8 Å². The molecule has 2 heterocycles. The number of aliphatic hydroxyl groups is 2. The lowest BCUT2D eigenvalue weighted by Crippen LogP contribution is -2.70. The molecular formula is C63H82N2O9. The minimum absolute atomic E-state index is 0.0193. The zero-order valence-electron chi connectivity index (χ0n) is 44.6. The molecular weight excluding hydrogens is 929 g/mol. The highest BCUT2D eigenvalue weighted by atomic mass is 16.7. The van der Waals surface area contributed by atoms with Gasteiger partial charge >= 0.3 is 0 Å². The van der Waals surface area contributed by atoms with Crippen molar-refractivity contribution < 1.29 is 43.5 Å². The van der Waals surface area contributed by atoms with Gasteiger partial charge in [0.1, 0.15) is 28.9 Å². The number of hydrogen-bond acceptors (Lipinski definition) is 10. The zero-order chi connectivity index (χ0) is 51.9. The fourth-order valence-corrected chi connectivity index (χ4v) is 11.7. The zero-order valence-corrected chi connectivity index (χ0v) is 44.6. The average molecular weight is 1010 g/mol. The van der Waals surface area contributed by atoms with Gasteiger partial charge < -0.3 is 43.6 Å². The van der Waals surface area contributed by atoms with E-state index in [2.05, 4.69) is 49.9 Å². The number of benzene rings is 4. The molecule has 74 heavy (non-hydrogen) atoms. The van der Waals surface area contributed by atoms with Crippen molar-refractivity contribution >= 4 is 11.6 Å². The topological polar surface area (TPSA) is 129 Å². The number of carbonyl (C=O) groups is 1. The Morgan fingerprint density at radius 1 is 0.784 bits per heavy atom. The van der Waals surface area contributed by atoms with E-state index in [1.165, 1.54) is 38.5 Å². The predicted octanol–water partition coefficient (Wildman–Crippen LogP) is 14.3. The van der Waals surface area contributed by atoms with E-state index in [9.17, 15) is 10.2 Å². The maximum Gasteiger partial charge on any atom is 0.239 e. The van der Waals surface area contributed by atoms with Crippen LogP contribution in [0.4, 0.5) is 0 Å². The summed E-state index contributed by atoms with van der Waals surface area (Å²) in [6.45, 7) is 13.2. The van der Waals surface area contributed by atoms with Gasteiger partial charge in [0.25, 0.3) is 0 Å².